The fraction of sp³-hybridized carbons (Fsp3) is 0.923. The Labute approximate surface area is 385 Å². The van der Waals surface area contributed by atoms with E-state index in [1.165, 1.54) is 148 Å². The fourth-order valence-electron chi connectivity index (χ4n) is 8.37. The second-order valence-corrected chi connectivity index (χ2v) is 18.6. The number of esters is 1. The van der Waals surface area contributed by atoms with Crippen molar-refractivity contribution >= 4 is 11.9 Å². The lowest BCUT2D eigenvalue weighted by Crippen LogP contribution is -2.60. The van der Waals surface area contributed by atoms with Crippen molar-refractivity contribution < 1.29 is 49.3 Å². The predicted molar refractivity (Wildman–Crippen MR) is 255 cm³/mol. The van der Waals surface area contributed by atoms with Crippen LogP contribution in [-0.4, -0.2) is 100 Å². The summed E-state index contributed by atoms with van der Waals surface area (Å²) in [6.45, 7) is 4.26. The van der Waals surface area contributed by atoms with Crippen LogP contribution in [0, 0.1) is 0 Å². The van der Waals surface area contributed by atoms with Crippen LogP contribution in [-0.2, 0) is 23.8 Å². The van der Waals surface area contributed by atoms with Crippen LogP contribution in [0.15, 0.2) is 12.2 Å². The lowest BCUT2D eigenvalue weighted by atomic mass is 9.99. The van der Waals surface area contributed by atoms with Crippen LogP contribution >= 0.6 is 0 Å². The van der Waals surface area contributed by atoms with E-state index < -0.39 is 49.5 Å². The monoisotopic (exact) mass is 898 g/mol. The van der Waals surface area contributed by atoms with E-state index in [1.807, 2.05) is 6.08 Å². The van der Waals surface area contributed by atoms with Crippen LogP contribution in [0.5, 0.6) is 0 Å². The van der Waals surface area contributed by atoms with E-state index in [-0.39, 0.29) is 18.5 Å². The molecule has 1 aliphatic rings. The Morgan fingerprint density at radius 1 is 0.571 bits per heavy atom. The first-order valence-corrected chi connectivity index (χ1v) is 26.5. The molecular formula is C52H99NO10. The van der Waals surface area contributed by atoms with Gasteiger partial charge in [0.05, 0.1) is 32.0 Å². The number of ether oxygens (including phenoxy) is 3. The maximum atomic E-state index is 13.0. The van der Waals surface area contributed by atoms with Crippen molar-refractivity contribution in [2.45, 2.75) is 288 Å². The van der Waals surface area contributed by atoms with Gasteiger partial charge < -0.3 is 45.1 Å². The summed E-state index contributed by atoms with van der Waals surface area (Å²) in [6.07, 6.45) is 37.2. The van der Waals surface area contributed by atoms with Crippen molar-refractivity contribution in [1.29, 1.82) is 0 Å². The molecule has 0 saturated carbocycles. The molecule has 0 aromatic carbocycles. The summed E-state index contributed by atoms with van der Waals surface area (Å²) in [5.41, 5.74) is 0. The second kappa shape index (κ2) is 43.0. The summed E-state index contributed by atoms with van der Waals surface area (Å²) in [4.78, 5) is 25.0. The Balaban J connectivity index is 2.11. The van der Waals surface area contributed by atoms with Crippen molar-refractivity contribution in [3.05, 3.63) is 12.2 Å². The molecule has 7 unspecified atom stereocenters. The van der Waals surface area contributed by atoms with Crippen LogP contribution in [0.3, 0.4) is 0 Å². The molecule has 1 heterocycles. The minimum atomic E-state index is -1.57. The third-order valence-corrected chi connectivity index (χ3v) is 12.7. The Bertz CT molecular complexity index is 1060. The standard InChI is InChI=1S/C52H99NO10/c1-3-5-7-9-11-13-14-15-16-20-24-28-32-36-40-48(57)61-41-37-33-29-25-21-18-17-19-23-27-31-35-39-47(56)53-44(45(55)38-34-30-26-22-12-10-8-6-4-2)43-62-52-51(60)50(59)49(58)46(42-54)63-52/h34,38,44-46,49-52,54-55,58-60H,3-33,35-37,39-43H2,1-2H3,(H,53,56)/b38-34+. The molecule has 6 N–H and O–H groups in total. The lowest BCUT2D eigenvalue weighted by Gasteiger charge is -2.40. The number of unbranched alkanes of at least 4 members (excludes halogenated alkanes) is 31. The molecule has 1 saturated heterocycles. The number of aliphatic hydroxyl groups is 5. The summed E-state index contributed by atoms with van der Waals surface area (Å²) >= 11 is 0. The van der Waals surface area contributed by atoms with Gasteiger partial charge in [0.25, 0.3) is 0 Å². The van der Waals surface area contributed by atoms with Crippen molar-refractivity contribution in [2.75, 3.05) is 19.8 Å². The molecule has 1 aliphatic heterocycles. The lowest BCUT2D eigenvalue weighted by molar-refractivity contribution is -0.302. The Hall–Kier alpha value is -1.60. The van der Waals surface area contributed by atoms with Gasteiger partial charge in [-0.1, -0.05) is 212 Å². The van der Waals surface area contributed by atoms with Gasteiger partial charge in [0.2, 0.25) is 5.91 Å². The number of rotatable bonds is 45. The number of nitrogens with one attached hydrogen (secondary N) is 1. The van der Waals surface area contributed by atoms with E-state index in [0.29, 0.717) is 19.4 Å². The van der Waals surface area contributed by atoms with Gasteiger partial charge in [0.15, 0.2) is 6.29 Å². The van der Waals surface area contributed by atoms with Crippen LogP contribution in [0.4, 0.5) is 0 Å². The highest BCUT2D eigenvalue weighted by molar-refractivity contribution is 5.76. The molecule has 0 radical (unpaired) electrons. The van der Waals surface area contributed by atoms with Crippen LogP contribution in [0.25, 0.3) is 0 Å². The Morgan fingerprint density at radius 3 is 1.48 bits per heavy atom. The topological polar surface area (TPSA) is 175 Å². The zero-order chi connectivity index (χ0) is 46.0. The number of hydrogen-bond acceptors (Lipinski definition) is 10. The summed E-state index contributed by atoms with van der Waals surface area (Å²) in [6, 6.07) is -0.818. The summed E-state index contributed by atoms with van der Waals surface area (Å²) in [7, 11) is 0. The smallest absolute Gasteiger partial charge is 0.305 e. The zero-order valence-electron chi connectivity index (χ0n) is 40.6. The number of aliphatic hydroxyl groups excluding tert-OH is 5. The van der Waals surface area contributed by atoms with Crippen molar-refractivity contribution in [3.8, 4) is 0 Å². The van der Waals surface area contributed by atoms with Crippen LogP contribution in [0.2, 0.25) is 0 Å². The van der Waals surface area contributed by atoms with E-state index in [1.54, 1.807) is 6.08 Å². The molecule has 0 aromatic rings. The summed E-state index contributed by atoms with van der Waals surface area (Å²) in [5.74, 6) is -0.230. The maximum Gasteiger partial charge on any atom is 0.305 e. The highest BCUT2D eigenvalue weighted by Crippen LogP contribution is 2.23. The van der Waals surface area contributed by atoms with E-state index in [9.17, 15) is 35.1 Å². The highest BCUT2D eigenvalue weighted by atomic mass is 16.7. The quantitative estimate of drug-likeness (QED) is 0.0196. The van der Waals surface area contributed by atoms with E-state index >= 15 is 0 Å². The Kier molecular flexibility index (Phi) is 40.6. The number of carbonyl (C=O) groups excluding carboxylic acids is 2. The third-order valence-electron chi connectivity index (χ3n) is 12.7. The molecule has 0 spiro atoms. The molecular weight excluding hydrogens is 799 g/mol. The number of allylic oxidation sites excluding steroid dienone is 1. The largest absolute Gasteiger partial charge is 0.466 e. The van der Waals surface area contributed by atoms with Gasteiger partial charge in [-0.3, -0.25) is 9.59 Å². The predicted octanol–water partition coefficient (Wildman–Crippen LogP) is 10.8. The van der Waals surface area contributed by atoms with Crippen LogP contribution in [0.1, 0.15) is 245 Å². The first kappa shape index (κ1) is 59.4. The van der Waals surface area contributed by atoms with Gasteiger partial charge in [-0.05, 0) is 32.1 Å². The van der Waals surface area contributed by atoms with Crippen LogP contribution < -0.4 is 5.32 Å². The minimum Gasteiger partial charge on any atom is -0.466 e. The second-order valence-electron chi connectivity index (χ2n) is 18.6. The average molecular weight is 898 g/mol. The summed E-state index contributed by atoms with van der Waals surface area (Å²) < 4.78 is 16.6. The van der Waals surface area contributed by atoms with Gasteiger partial charge in [0.1, 0.15) is 24.4 Å². The van der Waals surface area contributed by atoms with Crippen molar-refractivity contribution in [2.24, 2.45) is 0 Å². The zero-order valence-corrected chi connectivity index (χ0v) is 40.6. The molecule has 0 aromatic heterocycles. The fourth-order valence-corrected chi connectivity index (χ4v) is 8.37. The van der Waals surface area contributed by atoms with Gasteiger partial charge in [-0.15, -0.1) is 0 Å². The molecule has 372 valence electrons. The van der Waals surface area contributed by atoms with Crippen molar-refractivity contribution in [3.63, 3.8) is 0 Å². The summed E-state index contributed by atoms with van der Waals surface area (Å²) in [5, 5.41) is 54.1. The molecule has 1 amide bonds. The van der Waals surface area contributed by atoms with Crippen molar-refractivity contribution in [1.82, 2.24) is 5.32 Å². The number of hydrogen-bond donors (Lipinski definition) is 6. The number of carbonyl (C=O) groups is 2. The minimum absolute atomic E-state index is 0.0312. The molecule has 0 aliphatic carbocycles. The first-order valence-electron chi connectivity index (χ1n) is 26.5. The van der Waals surface area contributed by atoms with Gasteiger partial charge in [0, 0.05) is 12.8 Å². The van der Waals surface area contributed by atoms with E-state index in [2.05, 4.69) is 19.2 Å². The molecule has 1 rings (SSSR count). The Morgan fingerprint density at radius 2 is 1.00 bits per heavy atom. The maximum absolute atomic E-state index is 13.0. The van der Waals surface area contributed by atoms with Gasteiger partial charge in [-0.25, -0.2) is 0 Å². The first-order chi connectivity index (χ1) is 30.7. The van der Waals surface area contributed by atoms with Gasteiger partial charge >= 0.3 is 5.97 Å². The molecule has 0 bridgehead atoms. The third kappa shape index (κ3) is 33.5. The molecule has 11 heteroatoms. The molecule has 1 fully saturated rings. The SMILES string of the molecule is CCCCCCCCC/C=C/C(O)C(COC1OC(CO)C(O)C(O)C1O)NC(=O)CCCCCCCCCCCCCCOC(=O)CCCCCCCCCCCCCCCC. The average Bonchev–Trinajstić information content (AvgIpc) is 3.28. The highest BCUT2D eigenvalue weighted by Gasteiger charge is 2.44. The van der Waals surface area contributed by atoms with E-state index in [0.717, 1.165) is 70.6 Å². The van der Waals surface area contributed by atoms with E-state index in [4.69, 9.17) is 14.2 Å². The number of amides is 1. The normalized spacial score (nSPS) is 20.0. The molecule has 11 nitrogen and oxygen atoms in total. The molecule has 7 atom stereocenters. The van der Waals surface area contributed by atoms with Gasteiger partial charge in [-0.2, -0.15) is 0 Å². The molecule has 63 heavy (non-hydrogen) atoms.